The van der Waals surface area contributed by atoms with Crippen molar-refractivity contribution in [3.8, 4) is 5.69 Å². The zero-order valence-electron chi connectivity index (χ0n) is 16.3. The van der Waals surface area contributed by atoms with E-state index in [1.54, 1.807) is 12.1 Å². The summed E-state index contributed by atoms with van der Waals surface area (Å²) in [6, 6.07) is 12.8. The van der Waals surface area contributed by atoms with E-state index in [9.17, 15) is 9.59 Å². The second-order valence-electron chi connectivity index (χ2n) is 7.85. The second-order valence-corrected chi connectivity index (χ2v) is 7.85. The van der Waals surface area contributed by atoms with E-state index in [4.69, 9.17) is 0 Å². The molecule has 0 N–H and O–H groups in total. The highest BCUT2D eigenvalue weighted by molar-refractivity contribution is 5.76. The number of benzene rings is 1. The summed E-state index contributed by atoms with van der Waals surface area (Å²) in [5, 5.41) is 4.56. The number of amides is 1. The smallest absolute Gasteiger partial charge is 0.271 e. The molecule has 1 saturated heterocycles. The van der Waals surface area contributed by atoms with Crippen LogP contribution in [0.3, 0.4) is 0 Å². The summed E-state index contributed by atoms with van der Waals surface area (Å²) in [5.74, 6) is 1.66. The lowest BCUT2D eigenvalue weighted by atomic mass is 9.86. The summed E-state index contributed by atoms with van der Waals surface area (Å²) < 4.78 is 1.44. The van der Waals surface area contributed by atoms with E-state index in [-0.39, 0.29) is 5.56 Å². The normalized spacial score (nSPS) is 18.3. The average Bonchev–Trinajstić information content (AvgIpc) is 2.75. The van der Waals surface area contributed by atoms with Gasteiger partial charge in [0.25, 0.3) is 5.56 Å². The first-order valence-electron chi connectivity index (χ1n) is 10.4. The zero-order chi connectivity index (χ0) is 19.3. The van der Waals surface area contributed by atoms with Gasteiger partial charge in [-0.15, -0.1) is 5.10 Å². The molecule has 1 aromatic carbocycles. The molecule has 6 heteroatoms. The quantitative estimate of drug-likeness (QED) is 0.818. The molecule has 2 fully saturated rings. The van der Waals surface area contributed by atoms with Crippen molar-refractivity contribution in [3.05, 3.63) is 52.8 Å². The van der Waals surface area contributed by atoms with E-state index in [1.165, 1.54) is 36.8 Å². The van der Waals surface area contributed by atoms with E-state index in [1.807, 2.05) is 35.2 Å². The minimum absolute atomic E-state index is 0.142. The summed E-state index contributed by atoms with van der Waals surface area (Å²) in [7, 11) is 0. The van der Waals surface area contributed by atoms with Crippen LogP contribution in [0, 0.1) is 5.92 Å². The van der Waals surface area contributed by atoms with Crippen molar-refractivity contribution in [1.29, 1.82) is 0 Å². The Morgan fingerprint density at radius 2 is 1.64 bits per heavy atom. The molecule has 1 saturated carbocycles. The first-order valence-corrected chi connectivity index (χ1v) is 10.4. The van der Waals surface area contributed by atoms with Gasteiger partial charge in [0, 0.05) is 38.7 Å². The summed E-state index contributed by atoms with van der Waals surface area (Å²) in [5.41, 5.74) is 0.617. The Morgan fingerprint density at radius 3 is 2.36 bits per heavy atom. The minimum Gasteiger partial charge on any atom is -0.352 e. The van der Waals surface area contributed by atoms with Crippen molar-refractivity contribution in [3.63, 3.8) is 0 Å². The molecule has 2 heterocycles. The predicted octanol–water partition coefficient (Wildman–Crippen LogP) is 2.85. The fourth-order valence-corrected chi connectivity index (χ4v) is 4.28. The number of nitrogens with zero attached hydrogens (tertiary/aromatic N) is 4. The van der Waals surface area contributed by atoms with Crippen LogP contribution in [0.25, 0.3) is 5.69 Å². The van der Waals surface area contributed by atoms with Gasteiger partial charge < -0.3 is 9.80 Å². The minimum atomic E-state index is -0.142. The van der Waals surface area contributed by atoms with Gasteiger partial charge in [-0.25, -0.2) is 0 Å². The van der Waals surface area contributed by atoms with E-state index in [2.05, 4.69) is 10.00 Å². The fraction of sp³-hybridized carbons (Fsp3) is 0.500. The van der Waals surface area contributed by atoms with Gasteiger partial charge >= 0.3 is 0 Å². The molecule has 0 radical (unpaired) electrons. The Morgan fingerprint density at radius 1 is 0.929 bits per heavy atom. The Balaban J connectivity index is 1.38. The predicted molar refractivity (Wildman–Crippen MR) is 110 cm³/mol. The molecule has 0 spiro atoms. The van der Waals surface area contributed by atoms with Crippen molar-refractivity contribution < 1.29 is 4.79 Å². The number of aromatic nitrogens is 2. The monoisotopic (exact) mass is 380 g/mol. The van der Waals surface area contributed by atoms with Crippen LogP contribution in [0.1, 0.15) is 38.5 Å². The number of carbonyl (C=O) groups excluding carboxylic acids is 1. The number of anilines is 1. The molecule has 2 aliphatic rings. The molecule has 148 valence electrons. The lowest BCUT2D eigenvalue weighted by molar-refractivity contribution is -0.132. The van der Waals surface area contributed by atoms with Crippen molar-refractivity contribution >= 4 is 11.7 Å². The highest BCUT2D eigenvalue weighted by Crippen LogP contribution is 2.27. The van der Waals surface area contributed by atoms with Gasteiger partial charge in [-0.3, -0.25) is 9.59 Å². The van der Waals surface area contributed by atoms with Crippen LogP contribution in [0.15, 0.2) is 47.3 Å². The van der Waals surface area contributed by atoms with Crippen molar-refractivity contribution in [2.45, 2.75) is 38.5 Å². The topological polar surface area (TPSA) is 58.4 Å². The molecule has 28 heavy (non-hydrogen) atoms. The number of hydrogen-bond acceptors (Lipinski definition) is 4. The van der Waals surface area contributed by atoms with E-state index in [0.717, 1.165) is 37.7 Å². The van der Waals surface area contributed by atoms with Crippen LogP contribution in [-0.2, 0) is 4.79 Å². The van der Waals surface area contributed by atoms with Gasteiger partial charge in [0.2, 0.25) is 5.91 Å². The van der Waals surface area contributed by atoms with Gasteiger partial charge in [-0.1, -0.05) is 37.5 Å². The molecule has 0 bridgehead atoms. The molecular formula is C22H28N4O2. The van der Waals surface area contributed by atoms with Crippen LogP contribution in [0.5, 0.6) is 0 Å². The standard InChI is InChI=1S/C22H28N4O2/c27-21-12-11-20(23-26(21)19-9-5-2-6-10-19)24-13-15-25(16-14-24)22(28)17-18-7-3-1-4-8-18/h2,5-6,9-12,18H,1,3-4,7-8,13-17H2. The van der Waals surface area contributed by atoms with Crippen molar-refractivity contribution in [2.75, 3.05) is 31.1 Å². The molecule has 2 aromatic rings. The Hall–Kier alpha value is -2.63. The second kappa shape index (κ2) is 8.59. The maximum absolute atomic E-state index is 12.6. The summed E-state index contributed by atoms with van der Waals surface area (Å²) >= 11 is 0. The van der Waals surface area contributed by atoms with Crippen LogP contribution in [-0.4, -0.2) is 46.8 Å². The van der Waals surface area contributed by atoms with Gasteiger partial charge in [0.15, 0.2) is 0 Å². The maximum Gasteiger partial charge on any atom is 0.271 e. The summed E-state index contributed by atoms with van der Waals surface area (Å²) in [6.07, 6.45) is 6.98. The van der Waals surface area contributed by atoms with Crippen molar-refractivity contribution in [1.82, 2.24) is 14.7 Å². The highest BCUT2D eigenvalue weighted by atomic mass is 16.2. The number of hydrogen-bond donors (Lipinski definition) is 0. The summed E-state index contributed by atoms with van der Waals surface area (Å²) in [4.78, 5) is 29.0. The number of para-hydroxylation sites is 1. The molecule has 1 amide bonds. The van der Waals surface area contributed by atoms with E-state index in [0.29, 0.717) is 18.2 Å². The number of rotatable bonds is 4. The van der Waals surface area contributed by atoms with Crippen molar-refractivity contribution in [2.24, 2.45) is 5.92 Å². The van der Waals surface area contributed by atoms with E-state index < -0.39 is 0 Å². The Bertz CT molecular complexity index is 850. The first kappa shape index (κ1) is 18.7. The molecule has 1 aliphatic heterocycles. The lowest BCUT2D eigenvalue weighted by Gasteiger charge is -2.36. The van der Waals surface area contributed by atoms with Gasteiger partial charge in [0.05, 0.1) is 5.69 Å². The SMILES string of the molecule is O=C(CC1CCCCC1)N1CCN(c2ccc(=O)n(-c3ccccc3)n2)CC1. The van der Waals surface area contributed by atoms with E-state index >= 15 is 0 Å². The lowest BCUT2D eigenvalue weighted by Crippen LogP contribution is -2.49. The largest absolute Gasteiger partial charge is 0.352 e. The fourth-order valence-electron chi connectivity index (χ4n) is 4.28. The highest BCUT2D eigenvalue weighted by Gasteiger charge is 2.25. The molecule has 0 unspecified atom stereocenters. The number of carbonyl (C=O) groups is 1. The third-order valence-corrected chi connectivity index (χ3v) is 5.93. The van der Waals surface area contributed by atoms with Crippen LogP contribution in [0.4, 0.5) is 5.82 Å². The maximum atomic E-state index is 12.6. The average molecular weight is 380 g/mol. The molecule has 1 aromatic heterocycles. The molecule has 6 nitrogen and oxygen atoms in total. The zero-order valence-corrected chi connectivity index (χ0v) is 16.3. The number of piperazine rings is 1. The molecule has 4 rings (SSSR count). The Labute approximate surface area is 165 Å². The molecular weight excluding hydrogens is 352 g/mol. The molecule has 0 atom stereocenters. The summed E-state index contributed by atoms with van der Waals surface area (Å²) in [6.45, 7) is 2.93. The Kier molecular flexibility index (Phi) is 5.74. The van der Waals surface area contributed by atoms with Crippen LogP contribution >= 0.6 is 0 Å². The third kappa shape index (κ3) is 4.26. The van der Waals surface area contributed by atoms with Crippen LogP contribution in [0.2, 0.25) is 0 Å². The van der Waals surface area contributed by atoms with Gasteiger partial charge in [-0.05, 0) is 37.0 Å². The third-order valence-electron chi connectivity index (χ3n) is 5.93. The van der Waals surface area contributed by atoms with Gasteiger partial charge in [-0.2, -0.15) is 4.68 Å². The van der Waals surface area contributed by atoms with Gasteiger partial charge in [0.1, 0.15) is 5.82 Å². The molecule has 1 aliphatic carbocycles. The van der Waals surface area contributed by atoms with Crippen LogP contribution < -0.4 is 10.5 Å². The first-order chi connectivity index (χ1) is 13.7.